The number of hydrogen-bond donors (Lipinski definition) is 2. The van der Waals surface area contributed by atoms with Crippen molar-refractivity contribution in [1.82, 2.24) is 0 Å². The highest BCUT2D eigenvalue weighted by atomic mass is 32.1. The Hall–Kier alpha value is -3.15. The van der Waals surface area contributed by atoms with E-state index in [0.29, 0.717) is 11.4 Å². The molecule has 2 rings (SSSR count). The molecule has 0 spiro atoms. The minimum atomic E-state index is -4.40. The Balaban J connectivity index is 2.12. The Bertz CT molecular complexity index is 881. The molecule has 12 heteroatoms. The van der Waals surface area contributed by atoms with Crippen molar-refractivity contribution in [2.24, 2.45) is 0 Å². The van der Waals surface area contributed by atoms with Crippen LogP contribution in [0.15, 0.2) is 42.5 Å². The second kappa shape index (κ2) is 9.37. The fourth-order valence-electron chi connectivity index (χ4n) is 2.05. The zero-order valence-corrected chi connectivity index (χ0v) is 15.6. The lowest BCUT2D eigenvalue weighted by atomic mass is 10.2. The van der Waals surface area contributed by atoms with Crippen molar-refractivity contribution in [3.63, 3.8) is 0 Å². The third-order valence-electron chi connectivity index (χ3n) is 3.46. The largest absolute Gasteiger partial charge is 0.497 e. The van der Waals surface area contributed by atoms with Crippen LogP contribution >= 0.6 is 12.2 Å². The first-order valence-corrected chi connectivity index (χ1v) is 8.32. The van der Waals surface area contributed by atoms with Crippen LogP contribution in [-0.2, 0) is 0 Å². The smallest absolute Gasteiger partial charge is 0.340 e. The molecule has 2 N–H and O–H groups in total. The van der Waals surface area contributed by atoms with Gasteiger partial charge >= 0.3 is 12.3 Å². The van der Waals surface area contributed by atoms with Crippen LogP contribution < -0.4 is 20.1 Å². The molecule has 0 saturated carbocycles. The number of ether oxygens (including phenoxy) is 2. The van der Waals surface area contributed by atoms with Gasteiger partial charge in [-0.05, 0) is 36.5 Å². The van der Waals surface area contributed by atoms with Crippen LogP contribution in [0.25, 0.3) is 0 Å². The summed E-state index contributed by atoms with van der Waals surface area (Å²) < 4.78 is 60.2. The molecular formula is C17H15F4N3O4S. The fraction of sp³-hybridized carbons (Fsp3) is 0.235. The number of nitrogens with one attached hydrogen (secondary N) is 2. The van der Waals surface area contributed by atoms with Crippen LogP contribution in [0.3, 0.4) is 0 Å². The Labute approximate surface area is 167 Å². The van der Waals surface area contributed by atoms with E-state index in [1.807, 2.05) is 0 Å². The van der Waals surface area contributed by atoms with Crippen molar-refractivity contribution in [2.75, 3.05) is 24.4 Å². The zero-order chi connectivity index (χ0) is 21.6. The average Bonchev–Trinajstić information content (AvgIpc) is 2.66. The van der Waals surface area contributed by atoms with E-state index >= 15 is 0 Å². The summed E-state index contributed by atoms with van der Waals surface area (Å²) in [5, 5.41) is 16.5. The van der Waals surface area contributed by atoms with Crippen molar-refractivity contribution in [3.8, 4) is 11.5 Å². The summed E-state index contributed by atoms with van der Waals surface area (Å²) in [6.07, 6.45) is -3.93. The number of anilines is 2. The predicted molar refractivity (Wildman–Crippen MR) is 102 cm³/mol. The van der Waals surface area contributed by atoms with Gasteiger partial charge in [-0.25, -0.2) is 8.78 Å². The van der Waals surface area contributed by atoms with Gasteiger partial charge in [0.15, 0.2) is 11.7 Å². The van der Waals surface area contributed by atoms with E-state index in [2.05, 4.69) is 15.4 Å². The Morgan fingerprint density at radius 1 is 1.14 bits per heavy atom. The number of nitro benzene ring substituents is 1. The molecule has 0 fully saturated rings. The lowest BCUT2D eigenvalue weighted by Crippen LogP contribution is -2.33. The highest BCUT2D eigenvalue weighted by Crippen LogP contribution is 2.29. The highest BCUT2D eigenvalue weighted by molar-refractivity contribution is 7.80. The molecule has 0 amide bonds. The van der Waals surface area contributed by atoms with E-state index in [9.17, 15) is 27.7 Å². The number of nitrogens with zero attached hydrogens (tertiary/aromatic N) is 1. The van der Waals surface area contributed by atoms with Crippen LogP contribution in [0.4, 0.5) is 34.6 Å². The number of benzene rings is 2. The number of halogens is 4. The van der Waals surface area contributed by atoms with E-state index < -0.39 is 35.3 Å². The first kappa shape index (κ1) is 22.1. The van der Waals surface area contributed by atoms with Gasteiger partial charge in [0, 0.05) is 17.8 Å². The lowest BCUT2D eigenvalue weighted by molar-refractivity contribution is -0.384. The summed E-state index contributed by atoms with van der Waals surface area (Å²) in [5.41, 5.74) is 0.125. The maximum absolute atomic E-state index is 13.0. The zero-order valence-electron chi connectivity index (χ0n) is 14.8. The normalized spacial score (nSPS) is 11.1. The third kappa shape index (κ3) is 6.45. The molecule has 0 aliphatic rings. The number of hydrogen-bond acceptors (Lipinski definition) is 5. The summed E-state index contributed by atoms with van der Waals surface area (Å²) in [5.74, 6) is -4.17. The van der Waals surface area contributed by atoms with Gasteiger partial charge in [-0.3, -0.25) is 10.1 Å². The predicted octanol–water partition coefficient (Wildman–Crippen LogP) is 4.69. The second-order valence-electron chi connectivity index (χ2n) is 5.63. The molecule has 0 radical (unpaired) electrons. The van der Waals surface area contributed by atoms with Gasteiger partial charge in [-0.2, -0.15) is 8.78 Å². The number of non-ortho nitro benzene ring substituents is 1. The fourth-order valence-corrected chi connectivity index (χ4v) is 2.29. The molecule has 156 valence electrons. The van der Waals surface area contributed by atoms with Gasteiger partial charge < -0.3 is 20.1 Å². The van der Waals surface area contributed by atoms with Crippen molar-refractivity contribution < 1.29 is 32.0 Å². The van der Waals surface area contributed by atoms with Gasteiger partial charge in [-0.1, -0.05) is 0 Å². The van der Waals surface area contributed by atoms with Crippen LogP contribution in [0, 0.1) is 10.1 Å². The molecule has 0 heterocycles. The molecule has 0 atom stereocenters. The van der Waals surface area contributed by atoms with Gasteiger partial charge in [0.2, 0.25) is 0 Å². The maximum atomic E-state index is 13.0. The number of methoxy groups -OCH3 is 1. The maximum Gasteiger partial charge on any atom is 0.340 e. The van der Waals surface area contributed by atoms with Crippen LogP contribution in [0.1, 0.15) is 0 Å². The Morgan fingerprint density at radius 2 is 1.76 bits per heavy atom. The van der Waals surface area contributed by atoms with E-state index in [1.54, 1.807) is 24.3 Å². The minimum absolute atomic E-state index is 0.0412. The van der Waals surface area contributed by atoms with Crippen LogP contribution in [0.5, 0.6) is 11.5 Å². The molecule has 7 nitrogen and oxygen atoms in total. The third-order valence-corrected chi connectivity index (χ3v) is 3.66. The molecule has 0 saturated heterocycles. The molecular weight excluding hydrogens is 418 g/mol. The van der Waals surface area contributed by atoms with Crippen molar-refractivity contribution in [3.05, 3.63) is 52.6 Å². The second-order valence-corrected chi connectivity index (χ2v) is 6.04. The first-order valence-electron chi connectivity index (χ1n) is 7.91. The van der Waals surface area contributed by atoms with Crippen molar-refractivity contribution >= 4 is 34.4 Å². The summed E-state index contributed by atoms with van der Waals surface area (Å²) in [7, 11) is 1.51. The molecule has 0 aliphatic heterocycles. The quantitative estimate of drug-likeness (QED) is 0.270. The van der Waals surface area contributed by atoms with E-state index in [0.717, 1.165) is 18.2 Å². The van der Waals surface area contributed by atoms with Gasteiger partial charge in [0.1, 0.15) is 11.5 Å². The van der Waals surface area contributed by atoms with Crippen molar-refractivity contribution in [1.29, 1.82) is 0 Å². The topological polar surface area (TPSA) is 85.7 Å². The number of nitro groups is 1. The Morgan fingerprint density at radius 3 is 2.31 bits per heavy atom. The highest BCUT2D eigenvalue weighted by Gasteiger charge is 2.41. The molecule has 0 unspecified atom stereocenters. The summed E-state index contributed by atoms with van der Waals surface area (Å²) in [6.45, 7) is -1.64. The standard InChI is InChI=1S/C17H15F4N3O4S/c1-27-13-4-2-10(3-5-13)22-16(29)23-11-6-12(24(25)26)8-14(7-11)28-9-17(20,21)15(18)19/h2-8,15H,9H2,1H3,(H2,22,23,29). The molecule has 29 heavy (non-hydrogen) atoms. The lowest BCUT2D eigenvalue weighted by Gasteiger charge is -2.17. The number of alkyl halides is 4. The van der Waals surface area contributed by atoms with Gasteiger partial charge in [-0.15, -0.1) is 0 Å². The number of thiocarbonyl (C=S) groups is 1. The van der Waals surface area contributed by atoms with Crippen LogP contribution in [-0.4, -0.2) is 36.1 Å². The SMILES string of the molecule is COc1ccc(NC(=S)Nc2cc(OCC(F)(F)C(F)F)cc([N+](=O)[O-])c2)cc1. The number of rotatable bonds is 8. The van der Waals surface area contributed by atoms with Gasteiger partial charge in [0.05, 0.1) is 23.8 Å². The van der Waals surface area contributed by atoms with Crippen molar-refractivity contribution in [2.45, 2.75) is 12.3 Å². The summed E-state index contributed by atoms with van der Waals surface area (Å²) in [4.78, 5) is 10.3. The van der Waals surface area contributed by atoms with E-state index in [1.165, 1.54) is 7.11 Å². The molecule has 0 bridgehead atoms. The molecule has 2 aromatic rings. The molecule has 0 aromatic heterocycles. The molecule has 2 aromatic carbocycles. The minimum Gasteiger partial charge on any atom is -0.497 e. The summed E-state index contributed by atoms with van der Waals surface area (Å²) >= 11 is 5.11. The van der Waals surface area contributed by atoms with Gasteiger partial charge in [0.25, 0.3) is 5.69 Å². The monoisotopic (exact) mass is 433 g/mol. The van der Waals surface area contributed by atoms with Crippen LogP contribution in [0.2, 0.25) is 0 Å². The van der Waals surface area contributed by atoms with E-state index in [-0.39, 0.29) is 10.8 Å². The Kier molecular flexibility index (Phi) is 7.15. The average molecular weight is 433 g/mol. The molecule has 0 aliphatic carbocycles. The first-order chi connectivity index (χ1) is 13.6. The van der Waals surface area contributed by atoms with E-state index in [4.69, 9.17) is 17.0 Å². The summed E-state index contributed by atoms with van der Waals surface area (Å²) in [6, 6.07) is 9.73.